The lowest BCUT2D eigenvalue weighted by atomic mass is 10.0. The number of piperidine rings is 1. The Morgan fingerprint density at radius 3 is 2.63 bits per heavy atom. The van der Waals surface area contributed by atoms with E-state index in [0.29, 0.717) is 5.56 Å². The molecule has 1 fully saturated rings. The number of benzene rings is 2. The number of hydrogen-bond donors (Lipinski definition) is 3. The van der Waals surface area contributed by atoms with E-state index in [1.165, 1.54) is 12.0 Å². The number of carbonyl (C=O) groups is 1. The smallest absolute Gasteiger partial charge is 0.253 e. The molecule has 1 saturated heterocycles. The number of aromatic amines is 1. The van der Waals surface area contributed by atoms with Crippen LogP contribution in [-0.4, -0.2) is 46.6 Å². The monoisotopic (exact) mass is 405 g/mol. The van der Waals surface area contributed by atoms with Gasteiger partial charge in [-0.2, -0.15) is 0 Å². The Balaban J connectivity index is 1.30. The van der Waals surface area contributed by atoms with Crippen molar-refractivity contribution in [2.75, 3.05) is 19.6 Å². The normalized spacial score (nSPS) is 15.5. The zero-order valence-corrected chi connectivity index (χ0v) is 17.9. The van der Waals surface area contributed by atoms with Gasteiger partial charge in [-0.25, -0.2) is 0 Å². The zero-order valence-electron chi connectivity index (χ0n) is 17.9. The number of rotatable bonds is 6. The van der Waals surface area contributed by atoms with E-state index in [1.54, 1.807) is 6.07 Å². The molecule has 0 radical (unpaired) electrons. The summed E-state index contributed by atoms with van der Waals surface area (Å²) in [4.78, 5) is 18.8. The number of aromatic nitrogens is 1. The van der Waals surface area contributed by atoms with E-state index < -0.39 is 0 Å². The van der Waals surface area contributed by atoms with Crippen molar-refractivity contribution in [3.05, 3.63) is 64.8 Å². The van der Waals surface area contributed by atoms with Crippen LogP contribution >= 0.6 is 0 Å². The maximum Gasteiger partial charge on any atom is 0.253 e. The number of phenols is 1. The number of H-pyrrole nitrogens is 1. The molecule has 0 spiro atoms. The minimum atomic E-state index is -0.0514. The second-order valence-electron chi connectivity index (χ2n) is 8.49. The van der Waals surface area contributed by atoms with Crippen molar-refractivity contribution in [2.24, 2.45) is 0 Å². The van der Waals surface area contributed by atoms with E-state index in [0.717, 1.165) is 61.1 Å². The van der Waals surface area contributed by atoms with Gasteiger partial charge in [0.15, 0.2) is 0 Å². The Labute approximate surface area is 178 Å². The van der Waals surface area contributed by atoms with Crippen LogP contribution in [0.1, 0.15) is 46.4 Å². The van der Waals surface area contributed by atoms with Crippen molar-refractivity contribution < 1.29 is 9.90 Å². The summed E-state index contributed by atoms with van der Waals surface area (Å²) >= 11 is 0. The van der Waals surface area contributed by atoms with Gasteiger partial charge in [-0.05, 0) is 69.3 Å². The van der Waals surface area contributed by atoms with Crippen LogP contribution in [0.25, 0.3) is 10.9 Å². The third-order valence-corrected chi connectivity index (χ3v) is 6.24. The highest BCUT2D eigenvalue weighted by Gasteiger charge is 2.23. The predicted octanol–water partition coefficient (Wildman–Crippen LogP) is 4.32. The summed E-state index contributed by atoms with van der Waals surface area (Å²) in [6.07, 6.45) is 4.23. The summed E-state index contributed by atoms with van der Waals surface area (Å²) in [7, 11) is 0. The molecule has 1 aliphatic heterocycles. The molecule has 5 heteroatoms. The van der Waals surface area contributed by atoms with Crippen LogP contribution in [-0.2, 0) is 6.42 Å². The van der Waals surface area contributed by atoms with Gasteiger partial charge in [0.1, 0.15) is 5.75 Å². The van der Waals surface area contributed by atoms with Gasteiger partial charge in [0.05, 0.1) is 5.56 Å². The van der Waals surface area contributed by atoms with Crippen molar-refractivity contribution in [3.8, 4) is 5.75 Å². The van der Waals surface area contributed by atoms with Gasteiger partial charge < -0.3 is 20.3 Å². The number of nitrogens with one attached hydrogen (secondary N) is 2. The van der Waals surface area contributed by atoms with Crippen molar-refractivity contribution in [1.29, 1.82) is 0 Å². The Bertz CT molecular complexity index is 1020. The fourth-order valence-corrected chi connectivity index (χ4v) is 4.48. The summed E-state index contributed by atoms with van der Waals surface area (Å²) in [6, 6.07) is 14.4. The Hall–Kier alpha value is -2.79. The summed E-state index contributed by atoms with van der Waals surface area (Å²) in [6.45, 7) is 6.92. The molecule has 1 aromatic heterocycles. The molecule has 0 aliphatic carbocycles. The van der Waals surface area contributed by atoms with Crippen LogP contribution in [0.15, 0.2) is 42.5 Å². The number of carbonyl (C=O) groups excluding carboxylic acids is 1. The lowest BCUT2D eigenvalue weighted by Gasteiger charge is -2.32. The number of aryl methyl sites for hydroxylation is 3. The number of aromatic hydroxyl groups is 1. The van der Waals surface area contributed by atoms with Crippen LogP contribution in [0, 0.1) is 13.8 Å². The maximum absolute atomic E-state index is 13.0. The molecule has 2 aromatic carbocycles. The number of phenolic OH excluding ortho intramolecular Hbond substituents is 1. The highest BCUT2D eigenvalue weighted by Crippen LogP contribution is 2.29. The molecule has 158 valence electrons. The average molecular weight is 406 g/mol. The molecule has 0 atom stereocenters. The Kier molecular flexibility index (Phi) is 6.09. The van der Waals surface area contributed by atoms with Crippen LogP contribution in [0.2, 0.25) is 0 Å². The zero-order chi connectivity index (χ0) is 21.1. The second-order valence-corrected chi connectivity index (χ2v) is 8.49. The minimum absolute atomic E-state index is 0.0514. The van der Waals surface area contributed by atoms with Gasteiger partial charge >= 0.3 is 0 Å². The molecule has 0 unspecified atom stereocenters. The number of hydrogen-bond acceptors (Lipinski definition) is 3. The summed E-state index contributed by atoms with van der Waals surface area (Å²) in [5, 5.41) is 14.1. The summed E-state index contributed by atoms with van der Waals surface area (Å²) in [5.74, 6) is 0.170. The first-order chi connectivity index (χ1) is 14.5. The van der Waals surface area contributed by atoms with E-state index in [2.05, 4.69) is 45.5 Å². The highest BCUT2D eigenvalue weighted by atomic mass is 16.3. The molecule has 0 bridgehead atoms. The quantitative estimate of drug-likeness (QED) is 0.572. The lowest BCUT2D eigenvalue weighted by Crippen LogP contribution is -2.45. The molecular weight excluding hydrogens is 374 g/mol. The molecule has 4 rings (SSSR count). The van der Waals surface area contributed by atoms with Gasteiger partial charge in [-0.1, -0.05) is 30.3 Å². The molecule has 1 amide bonds. The molecule has 30 heavy (non-hydrogen) atoms. The largest absolute Gasteiger partial charge is 0.508 e. The molecule has 3 aromatic rings. The van der Waals surface area contributed by atoms with E-state index >= 15 is 0 Å². The van der Waals surface area contributed by atoms with Crippen LogP contribution in [0.5, 0.6) is 5.75 Å². The first kappa shape index (κ1) is 20.5. The standard InChI is InChI=1S/C25H31N3O2/c1-17-15-22-21(16-23(17)29)24(18(2)26-22)25(30)27-20-10-13-28(14-11-20)12-6-9-19-7-4-3-5-8-19/h3-5,7-8,15-16,20,26,29H,6,9-14H2,1-2H3,(H,27,30). The molecule has 2 heterocycles. The van der Waals surface area contributed by atoms with Crippen molar-refractivity contribution in [2.45, 2.75) is 45.6 Å². The van der Waals surface area contributed by atoms with Crippen LogP contribution < -0.4 is 5.32 Å². The van der Waals surface area contributed by atoms with Crippen molar-refractivity contribution in [3.63, 3.8) is 0 Å². The van der Waals surface area contributed by atoms with E-state index in [9.17, 15) is 9.90 Å². The summed E-state index contributed by atoms with van der Waals surface area (Å²) in [5.41, 5.74) is 4.57. The average Bonchev–Trinajstić information content (AvgIpc) is 3.05. The first-order valence-electron chi connectivity index (χ1n) is 10.9. The fourth-order valence-electron chi connectivity index (χ4n) is 4.48. The first-order valence-corrected chi connectivity index (χ1v) is 10.9. The minimum Gasteiger partial charge on any atom is -0.508 e. The molecular formula is C25H31N3O2. The van der Waals surface area contributed by atoms with Crippen LogP contribution in [0.3, 0.4) is 0 Å². The SMILES string of the molecule is Cc1cc2[nH]c(C)c(C(=O)NC3CCN(CCCc4ccccc4)CC3)c2cc1O. The topological polar surface area (TPSA) is 68.4 Å². The Morgan fingerprint density at radius 1 is 1.17 bits per heavy atom. The molecule has 0 saturated carbocycles. The van der Waals surface area contributed by atoms with E-state index in [-0.39, 0.29) is 17.7 Å². The Morgan fingerprint density at radius 2 is 1.90 bits per heavy atom. The van der Waals surface area contributed by atoms with Gasteiger partial charge in [0.2, 0.25) is 0 Å². The number of amides is 1. The number of nitrogens with zero attached hydrogens (tertiary/aromatic N) is 1. The van der Waals surface area contributed by atoms with E-state index in [1.807, 2.05) is 19.9 Å². The lowest BCUT2D eigenvalue weighted by molar-refractivity contribution is 0.0912. The number of likely N-dealkylation sites (tertiary alicyclic amines) is 1. The van der Waals surface area contributed by atoms with Crippen molar-refractivity contribution >= 4 is 16.8 Å². The van der Waals surface area contributed by atoms with Gasteiger partial charge in [-0.15, -0.1) is 0 Å². The molecule has 3 N–H and O–H groups in total. The van der Waals surface area contributed by atoms with Gasteiger partial charge in [0, 0.05) is 35.7 Å². The molecule has 5 nitrogen and oxygen atoms in total. The van der Waals surface area contributed by atoms with Crippen molar-refractivity contribution in [1.82, 2.24) is 15.2 Å². The van der Waals surface area contributed by atoms with Gasteiger partial charge in [-0.3, -0.25) is 4.79 Å². The third kappa shape index (κ3) is 4.51. The molecule has 1 aliphatic rings. The third-order valence-electron chi connectivity index (χ3n) is 6.24. The number of fused-ring (bicyclic) bond motifs is 1. The van der Waals surface area contributed by atoms with Gasteiger partial charge in [0.25, 0.3) is 5.91 Å². The highest BCUT2D eigenvalue weighted by molar-refractivity contribution is 6.08. The predicted molar refractivity (Wildman–Crippen MR) is 121 cm³/mol. The summed E-state index contributed by atoms with van der Waals surface area (Å²) < 4.78 is 0. The van der Waals surface area contributed by atoms with Crippen LogP contribution in [0.4, 0.5) is 0 Å². The van der Waals surface area contributed by atoms with E-state index in [4.69, 9.17) is 0 Å². The maximum atomic E-state index is 13.0. The second kappa shape index (κ2) is 8.92. The fraction of sp³-hybridized carbons (Fsp3) is 0.400.